The molecule has 2 aromatic heterocycles. The molecule has 0 saturated heterocycles. The number of carbonyl (C=O) groups is 2. The molecule has 0 aromatic carbocycles. The number of ether oxygens (including phenoxy) is 2. The average molecular weight is 314 g/mol. The standard InChI is InChI=1S/C16H14N2O5/c1-2-22-16(21)11-8-18-15(20)13-10(6-12(19)23-14(11)13)9-4-3-5-17-7-9/h3-5,7-8,10H,2,6H2,1H3,(H,18,20). The maximum absolute atomic E-state index is 12.3. The van der Waals surface area contributed by atoms with Crippen LogP contribution in [0.5, 0.6) is 5.75 Å². The van der Waals surface area contributed by atoms with Crippen LogP contribution in [-0.2, 0) is 9.53 Å². The molecule has 0 aliphatic carbocycles. The Morgan fingerprint density at radius 1 is 1.48 bits per heavy atom. The first-order valence-electron chi connectivity index (χ1n) is 7.15. The van der Waals surface area contributed by atoms with E-state index >= 15 is 0 Å². The van der Waals surface area contributed by atoms with Crippen molar-refractivity contribution in [1.82, 2.24) is 9.97 Å². The highest BCUT2D eigenvalue weighted by Gasteiger charge is 2.34. The van der Waals surface area contributed by atoms with Gasteiger partial charge in [0.2, 0.25) is 0 Å². The number of pyridine rings is 2. The number of nitrogens with zero attached hydrogens (tertiary/aromatic N) is 1. The average Bonchev–Trinajstić information content (AvgIpc) is 2.55. The molecule has 2 aromatic rings. The second-order valence-corrected chi connectivity index (χ2v) is 5.01. The quantitative estimate of drug-likeness (QED) is 0.860. The van der Waals surface area contributed by atoms with E-state index in [9.17, 15) is 14.4 Å². The summed E-state index contributed by atoms with van der Waals surface area (Å²) in [7, 11) is 0. The predicted molar refractivity (Wildman–Crippen MR) is 79.4 cm³/mol. The molecule has 0 amide bonds. The van der Waals surface area contributed by atoms with Gasteiger partial charge in [-0.1, -0.05) is 6.07 Å². The monoisotopic (exact) mass is 314 g/mol. The van der Waals surface area contributed by atoms with Crippen molar-refractivity contribution in [2.75, 3.05) is 6.61 Å². The molecule has 1 aliphatic rings. The topological polar surface area (TPSA) is 98.4 Å². The highest BCUT2D eigenvalue weighted by atomic mass is 16.5. The lowest BCUT2D eigenvalue weighted by Gasteiger charge is -2.24. The molecule has 3 heterocycles. The zero-order chi connectivity index (χ0) is 16.4. The van der Waals surface area contributed by atoms with E-state index in [-0.39, 0.29) is 29.9 Å². The summed E-state index contributed by atoms with van der Waals surface area (Å²) in [5, 5.41) is 0. The van der Waals surface area contributed by atoms with Gasteiger partial charge < -0.3 is 14.5 Å². The van der Waals surface area contributed by atoms with E-state index < -0.39 is 23.4 Å². The summed E-state index contributed by atoms with van der Waals surface area (Å²) in [5.74, 6) is -1.71. The van der Waals surface area contributed by atoms with Gasteiger partial charge in [-0.3, -0.25) is 14.6 Å². The fourth-order valence-electron chi connectivity index (χ4n) is 2.61. The number of nitrogens with one attached hydrogen (secondary N) is 1. The lowest BCUT2D eigenvalue weighted by molar-refractivity contribution is -0.135. The van der Waals surface area contributed by atoms with Crippen LogP contribution in [0.2, 0.25) is 0 Å². The van der Waals surface area contributed by atoms with Gasteiger partial charge in [0.25, 0.3) is 5.56 Å². The molecule has 1 unspecified atom stereocenters. The van der Waals surface area contributed by atoms with Crippen molar-refractivity contribution in [2.45, 2.75) is 19.3 Å². The second-order valence-electron chi connectivity index (χ2n) is 5.01. The summed E-state index contributed by atoms with van der Waals surface area (Å²) in [6, 6.07) is 3.49. The third kappa shape index (κ3) is 2.73. The van der Waals surface area contributed by atoms with Crippen LogP contribution in [-0.4, -0.2) is 28.5 Å². The molecule has 7 nitrogen and oxygen atoms in total. The van der Waals surface area contributed by atoms with Crippen molar-refractivity contribution in [3.05, 3.63) is 57.8 Å². The van der Waals surface area contributed by atoms with Gasteiger partial charge in [0.1, 0.15) is 5.56 Å². The van der Waals surface area contributed by atoms with E-state index in [1.807, 2.05) is 0 Å². The smallest absolute Gasteiger partial charge is 0.343 e. The number of esters is 2. The molecule has 7 heteroatoms. The van der Waals surface area contributed by atoms with E-state index in [0.717, 1.165) is 0 Å². The number of hydrogen-bond acceptors (Lipinski definition) is 6. The van der Waals surface area contributed by atoms with Crippen molar-refractivity contribution in [1.29, 1.82) is 0 Å². The summed E-state index contributed by atoms with van der Waals surface area (Å²) in [4.78, 5) is 42.8. The molecular formula is C16H14N2O5. The first kappa shape index (κ1) is 15.0. The first-order chi connectivity index (χ1) is 11.1. The van der Waals surface area contributed by atoms with Crippen molar-refractivity contribution in [3.8, 4) is 5.75 Å². The molecule has 0 bridgehead atoms. The van der Waals surface area contributed by atoms with Crippen LogP contribution in [0.15, 0.2) is 35.5 Å². The van der Waals surface area contributed by atoms with Crippen molar-refractivity contribution in [3.63, 3.8) is 0 Å². The van der Waals surface area contributed by atoms with E-state index in [1.54, 1.807) is 31.5 Å². The maximum Gasteiger partial charge on any atom is 0.343 e. The van der Waals surface area contributed by atoms with Crippen LogP contribution >= 0.6 is 0 Å². The molecule has 0 spiro atoms. The van der Waals surface area contributed by atoms with E-state index in [1.165, 1.54) is 6.20 Å². The Hall–Kier alpha value is -2.96. The second kappa shape index (κ2) is 6.04. The molecule has 118 valence electrons. The van der Waals surface area contributed by atoms with Gasteiger partial charge in [-0.05, 0) is 18.6 Å². The molecule has 1 aliphatic heterocycles. The van der Waals surface area contributed by atoms with Gasteiger partial charge in [0.15, 0.2) is 5.75 Å². The predicted octanol–water partition coefficient (Wildman–Crippen LogP) is 1.39. The van der Waals surface area contributed by atoms with Crippen LogP contribution in [0.1, 0.15) is 40.7 Å². The molecule has 1 N–H and O–H groups in total. The number of carbonyl (C=O) groups excluding carboxylic acids is 2. The van der Waals surface area contributed by atoms with E-state index in [0.29, 0.717) is 5.56 Å². The summed E-state index contributed by atoms with van der Waals surface area (Å²) < 4.78 is 10.1. The fourth-order valence-corrected chi connectivity index (χ4v) is 2.61. The Bertz CT molecular complexity index is 813. The highest BCUT2D eigenvalue weighted by Crippen LogP contribution is 2.38. The Balaban J connectivity index is 2.18. The Kier molecular flexibility index (Phi) is 3.92. The number of H-pyrrole nitrogens is 1. The molecule has 0 saturated carbocycles. The molecule has 0 radical (unpaired) electrons. The van der Waals surface area contributed by atoms with Gasteiger partial charge in [-0.15, -0.1) is 0 Å². The van der Waals surface area contributed by atoms with Crippen LogP contribution < -0.4 is 10.3 Å². The maximum atomic E-state index is 12.3. The van der Waals surface area contributed by atoms with Crippen LogP contribution in [0.3, 0.4) is 0 Å². The number of fused-ring (bicyclic) bond motifs is 1. The first-order valence-corrected chi connectivity index (χ1v) is 7.15. The molecule has 0 fully saturated rings. The minimum Gasteiger partial charge on any atom is -0.462 e. The third-order valence-electron chi connectivity index (χ3n) is 3.60. The van der Waals surface area contributed by atoms with Gasteiger partial charge in [-0.2, -0.15) is 0 Å². The third-order valence-corrected chi connectivity index (χ3v) is 3.60. The number of rotatable bonds is 3. The normalized spacial score (nSPS) is 16.4. The van der Waals surface area contributed by atoms with Gasteiger partial charge in [0.05, 0.1) is 18.6 Å². The molecule has 3 rings (SSSR count). The van der Waals surface area contributed by atoms with Gasteiger partial charge in [-0.25, -0.2) is 4.79 Å². The molecular weight excluding hydrogens is 300 g/mol. The summed E-state index contributed by atoms with van der Waals surface area (Å²) in [6.07, 6.45) is 4.40. The lowest BCUT2D eigenvalue weighted by Crippen LogP contribution is -2.30. The van der Waals surface area contributed by atoms with Crippen LogP contribution in [0, 0.1) is 0 Å². The largest absolute Gasteiger partial charge is 0.462 e. The number of hydrogen-bond donors (Lipinski definition) is 1. The summed E-state index contributed by atoms with van der Waals surface area (Å²) in [5.41, 5.74) is 0.567. The van der Waals surface area contributed by atoms with Crippen molar-refractivity contribution in [2.24, 2.45) is 0 Å². The van der Waals surface area contributed by atoms with Crippen molar-refractivity contribution >= 4 is 11.9 Å². The van der Waals surface area contributed by atoms with Crippen LogP contribution in [0.4, 0.5) is 0 Å². The zero-order valence-electron chi connectivity index (χ0n) is 12.4. The van der Waals surface area contributed by atoms with E-state index in [2.05, 4.69) is 9.97 Å². The minimum atomic E-state index is -0.653. The van der Waals surface area contributed by atoms with E-state index in [4.69, 9.17) is 9.47 Å². The highest BCUT2D eigenvalue weighted by molar-refractivity contribution is 5.94. The number of aromatic amines is 1. The Labute approximate surface area is 131 Å². The Morgan fingerprint density at radius 2 is 2.30 bits per heavy atom. The van der Waals surface area contributed by atoms with Gasteiger partial charge in [0, 0.05) is 24.5 Å². The minimum absolute atomic E-state index is 0.00799. The Morgan fingerprint density at radius 3 is 3.00 bits per heavy atom. The SMILES string of the molecule is CCOC(=O)c1c[nH]c(=O)c2c1OC(=O)CC2c1cccnc1. The molecule has 23 heavy (non-hydrogen) atoms. The van der Waals surface area contributed by atoms with Crippen LogP contribution in [0.25, 0.3) is 0 Å². The van der Waals surface area contributed by atoms with Gasteiger partial charge >= 0.3 is 11.9 Å². The lowest BCUT2D eigenvalue weighted by atomic mass is 9.87. The number of aromatic nitrogens is 2. The summed E-state index contributed by atoms with van der Waals surface area (Å²) >= 11 is 0. The molecule has 1 atom stereocenters. The fraction of sp³-hybridized carbons (Fsp3) is 0.250. The summed E-state index contributed by atoms with van der Waals surface area (Å²) in [6.45, 7) is 1.84. The zero-order valence-corrected chi connectivity index (χ0v) is 12.4. The van der Waals surface area contributed by atoms with Crippen molar-refractivity contribution < 1.29 is 19.1 Å².